The van der Waals surface area contributed by atoms with E-state index in [-0.39, 0.29) is 24.8 Å². The van der Waals surface area contributed by atoms with Crippen LogP contribution in [0.1, 0.15) is 27.8 Å². The molecule has 24 heavy (non-hydrogen) atoms. The van der Waals surface area contributed by atoms with Crippen LogP contribution < -0.4 is 10.6 Å². The first-order valence-corrected chi connectivity index (χ1v) is 8.05. The predicted octanol–water partition coefficient (Wildman–Crippen LogP) is 3.22. The van der Waals surface area contributed by atoms with Crippen molar-refractivity contribution in [3.63, 3.8) is 0 Å². The fourth-order valence-corrected chi connectivity index (χ4v) is 2.78. The Morgan fingerprint density at radius 1 is 0.875 bits per heavy atom. The molecular formula is C20H24N2O2. The number of nitrogens with one attached hydrogen (secondary N) is 2. The molecule has 0 spiro atoms. The van der Waals surface area contributed by atoms with Gasteiger partial charge in [-0.15, -0.1) is 0 Å². The Morgan fingerprint density at radius 3 is 2.12 bits per heavy atom. The molecule has 126 valence electrons. The maximum Gasteiger partial charge on any atom is 0.243 e. The first-order valence-electron chi connectivity index (χ1n) is 8.05. The zero-order valence-corrected chi connectivity index (χ0v) is 14.7. The lowest BCUT2D eigenvalue weighted by atomic mass is 10.1. The van der Waals surface area contributed by atoms with Crippen LogP contribution in [0.15, 0.2) is 36.4 Å². The first kappa shape index (κ1) is 17.7. The number of benzene rings is 2. The van der Waals surface area contributed by atoms with Gasteiger partial charge < -0.3 is 10.6 Å². The van der Waals surface area contributed by atoms with Crippen LogP contribution in [0.4, 0.5) is 5.69 Å². The van der Waals surface area contributed by atoms with Crippen LogP contribution in [0.5, 0.6) is 0 Å². The van der Waals surface area contributed by atoms with Crippen molar-refractivity contribution in [2.24, 2.45) is 0 Å². The highest BCUT2D eigenvalue weighted by Crippen LogP contribution is 2.21. The molecule has 2 rings (SSSR count). The largest absolute Gasteiger partial charge is 0.347 e. The fraction of sp³-hybridized carbons (Fsp3) is 0.300. The molecule has 4 heteroatoms. The first-order chi connectivity index (χ1) is 11.4. The van der Waals surface area contributed by atoms with Crippen molar-refractivity contribution in [2.45, 2.75) is 34.1 Å². The molecule has 0 unspecified atom stereocenters. The van der Waals surface area contributed by atoms with E-state index >= 15 is 0 Å². The Morgan fingerprint density at radius 2 is 1.50 bits per heavy atom. The molecule has 0 bridgehead atoms. The summed E-state index contributed by atoms with van der Waals surface area (Å²) in [6.45, 7) is 7.89. The summed E-state index contributed by atoms with van der Waals surface area (Å²) >= 11 is 0. The second-order valence-corrected chi connectivity index (χ2v) is 6.20. The van der Waals surface area contributed by atoms with E-state index in [4.69, 9.17) is 0 Å². The van der Waals surface area contributed by atoms with Crippen LogP contribution in [0.25, 0.3) is 0 Å². The van der Waals surface area contributed by atoms with Crippen molar-refractivity contribution >= 4 is 17.5 Å². The summed E-state index contributed by atoms with van der Waals surface area (Å²) in [5.41, 5.74) is 6.07. The van der Waals surface area contributed by atoms with E-state index in [1.54, 1.807) is 0 Å². The summed E-state index contributed by atoms with van der Waals surface area (Å²) in [6.07, 6.45) is 0.280. The number of anilines is 1. The lowest BCUT2D eigenvalue weighted by Gasteiger charge is -2.13. The summed E-state index contributed by atoms with van der Waals surface area (Å²) in [7, 11) is 0. The maximum atomic E-state index is 12.1. The minimum atomic E-state index is -0.219. The van der Waals surface area contributed by atoms with Gasteiger partial charge in [0.25, 0.3) is 0 Å². The van der Waals surface area contributed by atoms with Crippen molar-refractivity contribution in [3.05, 3.63) is 64.2 Å². The predicted molar refractivity (Wildman–Crippen MR) is 97.2 cm³/mol. The summed E-state index contributed by atoms with van der Waals surface area (Å²) in [4.78, 5) is 24.1. The van der Waals surface area contributed by atoms with E-state index in [9.17, 15) is 9.59 Å². The number of amides is 2. The van der Waals surface area contributed by atoms with E-state index in [2.05, 4.69) is 10.6 Å². The van der Waals surface area contributed by atoms with Gasteiger partial charge in [-0.25, -0.2) is 0 Å². The van der Waals surface area contributed by atoms with Crippen LogP contribution >= 0.6 is 0 Å². The van der Waals surface area contributed by atoms with Gasteiger partial charge in [0.1, 0.15) is 0 Å². The summed E-state index contributed by atoms with van der Waals surface area (Å²) < 4.78 is 0. The van der Waals surface area contributed by atoms with Gasteiger partial charge in [0, 0.05) is 5.69 Å². The molecule has 0 heterocycles. The highest BCUT2D eigenvalue weighted by atomic mass is 16.2. The number of carbonyl (C=O) groups is 2. The molecule has 0 aliphatic heterocycles. The third-order valence-electron chi connectivity index (χ3n) is 4.00. The van der Waals surface area contributed by atoms with Crippen LogP contribution in [0.3, 0.4) is 0 Å². The van der Waals surface area contributed by atoms with Crippen molar-refractivity contribution in [1.82, 2.24) is 5.32 Å². The van der Waals surface area contributed by atoms with Crippen molar-refractivity contribution in [1.29, 1.82) is 0 Å². The number of aryl methyl sites for hydroxylation is 4. The molecule has 2 N–H and O–H groups in total. The molecular weight excluding hydrogens is 300 g/mol. The van der Waals surface area contributed by atoms with Crippen molar-refractivity contribution in [2.75, 3.05) is 11.9 Å². The lowest BCUT2D eigenvalue weighted by Crippen LogP contribution is -2.34. The number of rotatable bonds is 5. The zero-order chi connectivity index (χ0) is 17.7. The van der Waals surface area contributed by atoms with Crippen LogP contribution in [0.2, 0.25) is 0 Å². The maximum absolute atomic E-state index is 12.1. The molecule has 2 aromatic rings. The van der Waals surface area contributed by atoms with Crippen molar-refractivity contribution in [3.8, 4) is 0 Å². The van der Waals surface area contributed by atoms with Gasteiger partial charge in [0.15, 0.2) is 0 Å². The summed E-state index contributed by atoms with van der Waals surface area (Å²) in [6, 6.07) is 11.8. The Bertz CT molecular complexity index is 743. The zero-order valence-electron chi connectivity index (χ0n) is 14.7. The van der Waals surface area contributed by atoms with E-state index < -0.39 is 0 Å². The molecule has 0 saturated heterocycles. The van der Waals surface area contributed by atoms with Crippen LogP contribution in [-0.4, -0.2) is 18.4 Å². The molecule has 0 aliphatic rings. The molecule has 0 atom stereocenters. The summed E-state index contributed by atoms with van der Waals surface area (Å²) in [5.74, 6) is -0.375. The van der Waals surface area contributed by atoms with E-state index in [1.807, 2.05) is 64.1 Å². The average Bonchev–Trinajstić information content (AvgIpc) is 2.51. The minimum Gasteiger partial charge on any atom is -0.347 e. The third-order valence-corrected chi connectivity index (χ3v) is 4.00. The monoisotopic (exact) mass is 324 g/mol. The van der Waals surface area contributed by atoms with Gasteiger partial charge in [-0.3, -0.25) is 9.59 Å². The molecule has 0 aromatic heterocycles. The Balaban J connectivity index is 1.90. The highest BCUT2D eigenvalue weighted by Gasteiger charge is 2.10. The average molecular weight is 324 g/mol. The topological polar surface area (TPSA) is 58.2 Å². The SMILES string of the molecule is Cc1cc(C)c(NC(=O)CNC(=O)Cc2ccccc2C)c(C)c1. The van der Waals surface area contributed by atoms with E-state index in [1.165, 1.54) is 0 Å². The Hall–Kier alpha value is -2.62. The number of hydrogen-bond donors (Lipinski definition) is 2. The number of carbonyl (C=O) groups excluding carboxylic acids is 2. The molecule has 2 amide bonds. The smallest absolute Gasteiger partial charge is 0.243 e. The second-order valence-electron chi connectivity index (χ2n) is 6.20. The molecule has 0 saturated carbocycles. The standard InChI is InChI=1S/C20H24N2O2/c1-13-9-15(3)20(16(4)10-13)22-19(24)12-21-18(23)11-17-8-6-5-7-14(17)2/h5-10H,11-12H2,1-4H3,(H,21,23)(H,22,24). The molecule has 0 radical (unpaired) electrons. The minimum absolute atomic E-state index is 0.0303. The fourth-order valence-electron chi connectivity index (χ4n) is 2.78. The molecule has 2 aromatic carbocycles. The van der Waals surface area contributed by atoms with Crippen LogP contribution in [0, 0.1) is 27.7 Å². The van der Waals surface area contributed by atoms with Gasteiger partial charge >= 0.3 is 0 Å². The van der Waals surface area contributed by atoms with Gasteiger partial charge in [-0.05, 0) is 49.9 Å². The van der Waals surface area contributed by atoms with E-state index in [0.717, 1.165) is 33.5 Å². The Labute approximate surface area is 143 Å². The van der Waals surface area contributed by atoms with Gasteiger partial charge in [0.2, 0.25) is 11.8 Å². The number of hydrogen-bond acceptors (Lipinski definition) is 2. The lowest BCUT2D eigenvalue weighted by molar-refractivity contribution is -0.123. The molecule has 0 aliphatic carbocycles. The third kappa shape index (κ3) is 4.69. The molecule has 0 fully saturated rings. The molecule has 4 nitrogen and oxygen atoms in total. The Kier molecular flexibility index (Phi) is 5.74. The quantitative estimate of drug-likeness (QED) is 0.887. The normalized spacial score (nSPS) is 10.3. The van der Waals surface area contributed by atoms with Gasteiger partial charge in [0.05, 0.1) is 13.0 Å². The van der Waals surface area contributed by atoms with Gasteiger partial charge in [-0.2, -0.15) is 0 Å². The van der Waals surface area contributed by atoms with E-state index in [0.29, 0.717) is 0 Å². The van der Waals surface area contributed by atoms with Gasteiger partial charge in [-0.1, -0.05) is 42.0 Å². The van der Waals surface area contributed by atoms with Crippen LogP contribution in [-0.2, 0) is 16.0 Å². The van der Waals surface area contributed by atoms with Crippen molar-refractivity contribution < 1.29 is 9.59 Å². The highest BCUT2D eigenvalue weighted by molar-refractivity contribution is 5.96. The second kappa shape index (κ2) is 7.77. The summed E-state index contributed by atoms with van der Waals surface area (Å²) in [5, 5.41) is 5.56.